The Bertz CT molecular complexity index is 861. The molecule has 7 nitrogen and oxygen atoms in total. The number of carbonyl (C=O) groups is 2. The Morgan fingerprint density at radius 2 is 1.92 bits per heavy atom. The molecule has 0 spiro atoms. The highest BCUT2D eigenvalue weighted by molar-refractivity contribution is 5.97. The van der Waals surface area contributed by atoms with Crippen molar-refractivity contribution in [3.8, 4) is 0 Å². The van der Waals surface area contributed by atoms with Crippen molar-refractivity contribution in [2.75, 3.05) is 5.32 Å². The van der Waals surface area contributed by atoms with Gasteiger partial charge in [-0.1, -0.05) is 36.4 Å². The fourth-order valence-corrected chi connectivity index (χ4v) is 2.48. The van der Waals surface area contributed by atoms with Gasteiger partial charge in [0.15, 0.2) is 0 Å². The van der Waals surface area contributed by atoms with Gasteiger partial charge in [0.1, 0.15) is 11.9 Å². The average Bonchev–Trinajstić information content (AvgIpc) is 3.15. The predicted molar refractivity (Wildman–Crippen MR) is 97.2 cm³/mol. The van der Waals surface area contributed by atoms with Gasteiger partial charge in [0.2, 0.25) is 5.91 Å². The van der Waals surface area contributed by atoms with Gasteiger partial charge in [-0.3, -0.25) is 19.7 Å². The first-order chi connectivity index (χ1) is 12.6. The van der Waals surface area contributed by atoms with Gasteiger partial charge < -0.3 is 10.6 Å². The zero-order valence-corrected chi connectivity index (χ0v) is 14.3. The molecule has 0 unspecified atom stereocenters. The molecule has 3 rings (SSSR count). The zero-order chi connectivity index (χ0) is 18.4. The zero-order valence-electron chi connectivity index (χ0n) is 14.3. The van der Waals surface area contributed by atoms with Crippen LogP contribution in [0.25, 0.3) is 0 Å². The largest absolute Gasteiger partial charge is 0.340 e. The summed E-state index contributed by atoms with van der Waals surface area (Å²) in [4.78, 5) is 29.3. The topological polar surface area (TPSA) is 99.8 Å². The second kappa shape index (κ2) is 8.06. The third-order valence-electron chi connectivity index (χ3n) is 3.80. The lowest BCUT2D eigenvalue weighted by Crippen LogP contribution is -2.37. The monoisotopic (exact) mass is 349 g/mol. The molecule has 0 radical (unpaired) electrons. The molecule has 2 amide bonds. The average molecular weight is 349 g/mol. The highest BCUT2D eigenvalue weighted by Crippen LogP contribution is 2.15. The van der Waals surface area contributed by atoms with Crippen molar-refractivity contribution in [2.24, 2.45) is 0 Å². The lowest BCUT2D eigenvalue weighted by Gasteiger charge is -2.18. The number of carbonyl (C=O) groups excluding carboxylic acids is 2. The van der Waals surface area contributed by atoms with E-state index in [-0.39, 0.29) is 18.2 Å². The number of aryl methyl sites for hydroxylation is 1. The molecule has 0 aliphatic rings. The maximum absolute atomic E-state index is 12.7. The highest BCUT2D eigenvalue weighted by Gasteiger charge is 2.23. The van der Waals surface area contributed by atoms with Gasteiger partial charge >= 0.3 is 0 Å². The Hall–Kier alpha value is -3.48. The molecule has 0 aliphatic heterocycles. The summed E-state index contributed by atoms with van der Waals surface area (Å²) in [5.74, 6) is -0.145. The quantitative estimate of drug-likeness (QED) is 0.635. The van der Waals surface area contributed by atoms with Crippen LogP contribution in [0.3, 0.4) is 0 Å². The van der Waals surface area contributed by atoms with E-state index in [2.05, 4.69) is 25.8 Å². The number of pyridine rings is 1. The Balaban J connectivity index is 1.73. The van der Waals surface area contributed by atoms with E-state index in [1.807, 2.05) is 37.3 Å². The number of aromatic amines is 1. The lowest BCUT2D eigenvalue weighted by molar-refractivity contribution is -0.126. The van der Waals surface area contributed by atoms with Crippen molar-refractivity contribution in [1.29, 1.82) is 0 Å². The van der Waals surface area contributed by atoms with Crippen molar-refractivity contribution in [2.45, 2.75) is 19.4 Å². The third kappa shape index (κ3) is 4.54. The molecular formula is C19H19N5O2. The maximum Gasteiger partial charge on any atom is 0.252 e. The van der Waals surface area contributed by atoms with Gasteiger partial charge in [-0.25, -0.2) is 0 Å². The number of amides is 2. The molecule has 2 aromatic heterocycles. The van der Waals surface area contributed by atoms with Crippen LogP contribution in [-0.2, 0) is 16.0 Å². The Labute approximate surface area is 150 Å². The molecule has 0 fully saturated rings. The minimum absolute atomic E-state index is 0.147. The van der Waals surface area contributed by atoms with E-state index in [9.17, 15) is 9.59 Å². The maximum atomic E-state index is 12.7. The molecule has 3 N–H and O–H groups in total. The molecule has 7 heteroatoms. The SMILES string of the molecule is Cc1ccc(CC(=O)N[C@H](C(=O)Nc2ccn[nH]2)c2ccccc2)cn1. The van der Waals surface area contributed by atoms with Crippen LogP contribution in [0.15, 0.2) is 60.9 Å². The number of aromatic nitrogens is 3. The van der Waals surface area contributed by atoms with E-state index in [1.165, 1.54) is 6.20 Å². The fraction of sp³-hybridized carbons (Fsp3) is 0.158. The highest BCUT2D eigenvalue weighted by atomic mass is 16.2. The minimum atomic E-state index is -0.814. The number of H-pyrrole nitrogens is 1. The number of nitrogens with zero attached hydrogens (tertiary/aromatic N) is 2. The van der Waals surface area contributed by atoms with Crippen LogP contribution in [0, 0.1) is 6.92 Å². The van der Waals surface area contributed by atoms with Crippen LogP contribution in [0.4, 0.5) is 5.82 Å². The number of anilines is 1. The van der Waals surface area contributed by atoms with Crippen molar-refractivity contribution in [1.82, 2.24) is 20.5 Å². The van der Waals surface area contributed by atoms with Crippen LogP contribution >= 0.6 is 0 Å². The summed E-state index contributed by atoms with van der Waals surface area (Å²) in [5, 5.41) is 12.0. The normalized spacial score (nSPS) is 11.6. The van der Waals surface area contributed by atoms with E-state index in [4.69, 9.17) is 0 Å². The summed E-state index contributed by atoms with van der Waals surface area (Å²) < 4.78 is 0. The minimum Gasteiger partial charge on any atom is -0.340 e. The Morgan fingerprint density at radius 1 is 1.12 bits per heavy atom. The van der Waals surface area contributed by atoms with E-state index in [0.717, 1.165) is 11.3 Å². The number of rotatable bonds is 6. The van der Waals surface area contributed by atoms with Crippen molar-refractivity contribution >= 4 is 17.6 Å². The van der Waals surface area contributed by atoms with Crippen LogP contribution in [0.1, 0.15) is 22.9 Å². The molecule has 0 saturated carbocycles. The van der Waals surface area contributed by atoms with E-state index in [1.54, 1.807) is 24.4 Å². The predicted octanol–water partition coefficient (Wildman–Crippen LogP) is 2.15. The number of nitrogens with one attached hydrogen (secondary N) is 3. The molecular weight excluding hydrogens is 330 g/mol. The fourth-order valence-electron chi connectivity index (χ4n) is 2.48. The number of hydrogen-bond acceptors (Lipinski definition) is 4. The van der Waals surface area contributed by atoms with E-state index in [0.29, 0.717) is 11.4 Å². The molecule has 26 heavy (non-hydrogen) atoms. The first-order valence-electron chi connectivity index (χ1n) is 8.18. The molecule has 0 saturated heterocycles. The van der Waals surface area contributed by atoms with Crippen LogP contribution in [0.5, 0.6) is 0 Å². The summed E-state index contributed by atoms with van der Waals surface area (Å²) >= 11 is 0. The van der Waals surface area contributed by atoms with Gasteiger partial charge in [0, 0.05) is 18.0 Å². The van der Waals surface area contributed by atoms with E-state index < -0.39 is 6.04 Å². The summed E-state index contributed by atoms with van der Waals surface area (Å²) in [7, 11) is 0. The Morgan fingerprint density at radius 3 is 2.58 bits per heavy atom. The number of hydrogen-bond donors (Lipinski definition) is 3. The molecule has 3 aromatic rings. The van der Waals surface area contributed by atoms with Crippen molar-refractivity contribution in [3.63, 3.8) is 0 Å². The van der Waals surface area contributed by atoms with Crippen LogP contribution < -0.4 is 10.6 Å². The molecule has 132 valence electrons. The molecule has 1 aromatic carbocycles. The number of benzene rings is 1. The van der Waals surface area contributed by atoms with Gasteiger partial charge in [-0.2, -0.15) is 5.10 Å². The van der Waals surface area contributed by atoms with Gasteiger partial charge in [-0.05, 0) is 24.1 Å². The third-order valence-corrected chi connectivity index (χ3v) is 3.80. The summed E-state index contributed by atoms with van der Waals surface area (Å²) in [6, 6.07) is 13.6. The van der Waals surface area contributed by atoms with Crippen molar-refractivity contribution < 1.29 is 9.59 Å². The molecule has 0 bridgehead atoms. The van der Waals surface area contributed by atoms with Crippen molar-refractivity contribution in [3.05, 3.63) is 77.7 Å². The summed E-state index contributed by atoms with van der Waals surface area (Å²) in [5.41, 5.74) is 2.36. The molecule has 2 heterocycles. The second-order valence-electron chi connectivity index (χ2n) is 5.86. The first-order valence-corrected chi connectivity index (χ1v) is 8.18. The lowest BCUT2D eigenvalue weighted by atomic mass is 10.1. The standard InChI is InChI=1S/C19H19N5O2/c1-13-7-8-14(12-20-13)11-17(25)23-18(15-5-3-2-4-6-15)19(26)22-16-9-10-21-24-16/h2-10,12,18H,11H2,1H3,(H,23,25)(H2,21,22,24,26)/t18-/m0/s1. The summed E-state index contributed by atoms with van der Waals surface area (Å²) in [6.07, 6.45) is 3.35. The van der Waals surface area contributed by atoms with E-state index >= 15 is 0 Å². The molecule has 0 aliphatic carbocycles. The first kappa shape index (κ1) is 17.3. The van der Waals surface area contributed by atoms with Gasteiger partial charge in [-0.15, -0.1) is 0 Å². The molecule has 1 atom stereocenters. The van der Waals surface area contributed by atoms with Crippen LogP contribution in [-0.4, -0.2) is 27.0 Å². The van der Waals surface area contributed by atoms with Gasteiger partial charge in [0.25, 0.3) is 5.91 Å². The van der Waals surface area contributed by atoms with Crippen LogP contribution in [0.2, 0.25) is 0 Å². The summed E-state index contributed by atoms with van der Waals surface area (Å²) in [6.45, 7) is 1.88. The Kier molecular flexibility index (Phi) is 5.38. The van der Waals surface area contributed by atoms with Gasteiger partial charge in [0.05, 0.1) is 12.6 Å². The second-order valence-corrected chi connectivity index (χ2v) is 5.86. The smallest absolute Gasteiger partial charge is 0.252 e.